The predicted octanol–water partition coefficient (Wildman–Crippen LogP) is 17.4. The molecule has 0 heterocycles. The van der Waals surface area contributed by atoms with E-state index in [2.05, 4.69) is 203 Å². The molecule has 1 aliphatic carbocycles. The summed E-state index contributed by atoms with van der Waals surface area (Å²) < 4.78 is 0. The largest absolute Gasteiger partial charge is 0.309 e. The summed E-state index contributed by atoms with van der Waals surface area (Å²) in [5, 5.41) is 8.30. The van der Waals surface area contributed by atoms with Gasteiger partial charge in [0.2, 0.25) is 0 Å². The Bertz CT molecular complexity index is 2930. The number of hydrogen-bond donors (Lipinski definition) is 0. The van der Waals surface area contributed by atoms with E-state index in [4.69, 9.17) is 0 Å². The van der Waals surface area contributed by atoms with Crippen LogP contribution in [0.2, 0.25) is 0 Å². The Kier molecular flexibility index (Phi) is 10.1. The lowest BCUT2D eigenvalue weighted by Gasteiger charge is -2.37. The van der Waals surface area contributed by atoms with Crippen molar-refractivity contribution in [2.75, 3.05) is 9.80 Å². The first kappa shape index (κ1) is 40.8. The van der Waals surface area contributed by atoms with E-state index < -0.39 is 0 Å². The molecule has 0 saturated heterocycles. The third-order valence-corrected chi connectivity index (χ3v) is 14.1. The van der Waals surface area contributed by atoms with Crippen LogP contribution < -0.4 is 9.80 Å². The molecular formula is C59H64N2. The van der Waals surface area contributed by atoms with Gasteiger partial charge in [-0.2, -0.15) is 0 Å². The molecule has 0 unspecified atom stereocenters. The molecule has 0 N–H and O–H groups in total. The van der Waals surface area contributed by atoms with E-state index in [1.54, 1.807) is 0 Å². The summed E-state index contributed by atoms with van der Waals surface area (Å²) in [5.74, 6) is 0.929. The van der Waals surface area contributed by atoms with Gasteiger partial charge in [-0.15, -0.1) is 0 Å². The van der Waals surface area contributed by atoms with E-state index >= 15 is 0 Å². The molecule has 8 aromatic rings. The second-order valence-electron chi connectivity index (χ2n) is 19.8. The number of rotatable bonds is 9. The van der Waals surface area contributed by atoms with E-state index in [1.807, 2.05) is 0 Å². The van der Waals surface area contributed by atoms with E-state index in [9.17, 15) is 0 Å². The number of aryl methyl sites for hydroxylation is 8. The lowest BCUT2D eigenvalue weighted by atomic mass is 9.70. The van der Waals surface area contributed by atoms with Crippen LogP contribution in [0.5, 0.6) is 0 Å². The summed E-state index contributed by atoms with van der Waals surface area (Å²) in [6.45, 7) is 30.1. The van der Waals surface area contributed by atoms with Gasteiger partial charge in [-0.1, -0.05) is 120 Å². The molecular weight excluding hydrogens is 737 g/mol. The first-order valence-corrected chi connectivity index (χ1v) is 22.8. The lowest BCUT2D eigenvalue weighted by molar-refractivity contribution is 0.475. The van der Waals surface area contributed by atoms with Gasteiger partial charge in [-0.25, -0.2) is 0 Å². The molecule has 0 aliphatic heterocycles. The molecule has 310 valence electrons. The zero-order chi connectivity index (χ0) is 43.2. The Morgan fingerprint density at radius 3 is 1.43 bits per heavy atom. The third kappa shape index (κ3) is 6.69. The summed E-state index contributed by atoms with van der Waals surface area (Å²) in [4.78, 5) is 5.20. The first-order valence-electron chi connectivity index (χ1n) is 22.8. The topological polar surface area (TPSA) is 6.48 Å². The van der Waals surface area contributed by atoms with Crippen LogP contribution in [0, 0.1) is 41.5 Å². The van der Waals surface area contributed by atoms with Gasteiger partial charge in [0.25, 0.3) is 0 Å². The van der Waals surface area contributed by atoms with Gasteiger partial charge in [0.05, 0.1) is 22.7 Å². The van der Waals surface area contributed by atoms with Gasteiger partial charge in [0.15, 0.2) is 0 Å². The van der Waals surface area contributed by atoms with Crippen molar-refractivity contribution in [3.05, 3.63) is 164 Å². The fourth-order valence-corrected chi connectivity index (χ4v) is 11.0. The van der Waals surface area contributed by atoms with Gasteiger partial charge in [0, 0.05) is 27.5 Å². The molecule has 1 aliphatic rings. The molecule has 0 radical (unpaired) electrons. The highest BCUT2D eigenvalue weighted by Crippen LogP contribution is 2.55. The average molecular weight is 801 g/mol. The molecule has 0 saturated carbocycles. The lowest BCUT2D eigenvalue weighted by Crippen LogP contribution is -2.24. The Morgan fingerprint density at radius 1 is 0.508 bits per heavy atom. The van der Waals surface area contributed by atoms with Crippen molar-refractivity contribution in [3.63, 3.8) is 0 Å². The van der Waals surface area contributed by atoms with Crippen molar-refractivity contribution in [1.82, 2.24) is 0 Å². The van der Waals surface area contributed by atoms with Crippen molar-refractivity contribution in [2.24, 2.45) is 0 Å². The van der Waals surface area contributed by atoms with Crippen LogP contribution in [-0.4, -0.2) is 0 Å². The molecule has 0 atom stereocenters. The second kappa shape index (κ2) is 15.1. The highest BCUT2D eigenvalue weighted by molar-refractivity contribution is 6.30. The Balaban J connectivity index is 1.44. The van der Waals surface area contributed by atoms with E-state index in [0.717, 1.165) is 19.3 Å². The highest BCUT2D eigenvalue weighted by atomic mass is 15.2. The van der Waals surface area contributed by atoms with Gasteiger partial charge >= 0.3 is 0 Å². The summed E-state index contributed by atoms with van der Waals surface area (Å²) in [7, 11) is 0. The Labute approximate surface area is 365 Å². The van der Waals surface area contributed by atoms with Gasteiger partial charge < -0.3 is 9.80 Å². The van der Waals surface area contributed by atoms with Crippen molar-refractivity contribution in [3.8, 4) is 0 Å². The molecule has 8 aromatic carbocycles. The van der Waals surface area contributed by atoms with Gasteiger partial charge in [-0.05, 0) is 187 Å². The molecule has 61 heavy (non-hydrogen) atoms. The maximum absolute atomic E-state index is 2.62. The summed E-state index contributed by atoms with van der Waals surface area (Å²) in [5.41, 5.74) is 22.3. The average Bonchev–Trinajstić information content (AvgIpc) is 3.21. The van der Waals surface area contributed by atoms with E-state index in [0.29, 0.717) is 11.8 Å². The van der Waals surface area contributed by atoms with Crippen LogP contribution in [0.3, 0.4) is 0 Å². The maximum atomic E-state index is 2.62. The van der Waals surface area contributed by atoms with Crippen LogP contribution in [0.1, 0.15) is 128 Å². The third-order valence-electron chi connectivity index (χ3n) is 14.1. The van der Waals surface area contributed by atoms with Crippen LogP contribution in [0.4, 0.5) is 34.1 Å². The van der Waals surface area contributed by atoms with Gasteiger partial charge in [0.1, 0.15) is 0 Å². The van der Waals surface area contributed by atoms with Crippen LogP contribution >= 0.6 is 0 Å². The monoisotopic (exact) mass is 801 g/mol. The molecule has 2 nitrogen and oxygen atoms in total. The molecule has 0 aromatic heterocycles. The molecule has 2 heteroatoms. The van der Waals surface area contributed by atoms with Crippen molar-refractivity contribution >= 4 is 66.4 Å². The Morgan fingerprint density at radius 2 is 0.967 bits per heavy atom. The quantitative estimate of drug-likeness (QED) is 0.134. The minimum atomic E-state index is 0.0118. The summed E-state index contributed by atoms with van der Waals surface area (Å²) in [6.07, 6.45) is 3.10. The number of hydrogen-bond acceptors (Lipinski definition) is 2. The van der Waals surface area contributed by atoms with Crippen molar-refractivity contribution in [2.45, 2.75) is 127 Å². The molecule has 0 fully saturated rings. The standard InChI is InChI=1S/C59H64N2/c1-14-42-31-53(61(47-21-17-44(18-22-47)35(4)5)58-40(10)29-37(7)30-41(58)11)50-33-51-54-45(25-26-59(51,12)13)32-52(49-24-23-48(42)55(50)56(49)54)60(46-19-15-43(16-20-46)34(2)3)57-38(8)27-36(6)28-39(57)9/h15-24,27-35H,14,25-26H2,1-13H3. The maximum Gasteiger partial charge on any atom is 0.0543 e. The zero-order valence-corrected chi connectivity index (χ0v) is 39.0. The van der Waals surface area contributed by atoms with Crippen LogP contribution in [-0.2, 0) is 18.3 Å². The van der Waals surface area contributed by atoms with Crippen molar-refractivity contribution < 1.29 is 0 Å². The molecule has 0 bridgehead atoms. The number of benzene rings is 8. The van der Waals surface area contributed by atoms with E-state index in [1.165, 1.54) is 128 Å². The second-order valence-corrected chi connectivity index (χ2v) is 19.8. The molecule has 0 amide bonds. The fraction of sp³-hybridized carbons (Fsp3) is 0.322. The number of anilines is 6. The summed E-state index contributed by atoms with van der Waals surface area (Å²) >= 11 is 0. The highest BCUT2D eigenvalue weighted by Gasteiger charge is 2.34. The minimum absolute atomic E-state index is 0.0118. The normalized spacial score (nSPS) is 13.7. The molecule has 9 rings (SSSR count). The van der Waals surface area contributed by atoms with Crippen molar-refractivity contribution in [1.29, 1.82) is 0 Å². The first-order chi connectivity index (χ1) is 29.1. The zero-order valence-electron chi connectivity index (χ0n) is 39.0. The number of nitrogens with zero attached hydrogens (tertiary/aromatic N) is 2. The predicted molar refractivity (Wildman–Crippen MR) is 267 cm³/mol. The van der Waals surface area contributed by atoms with Gasteiger partial charge in [-0.3, -0.25) is 0 Å². The fourth-order valence-electron chi connectivity index (χ4n) is 11.0. The van der Waals surface area contributed by atoms with E-state index in [-0.39, 0.29) is 5.41 Å². The van der Waals surface area contributed by atoms with Crippen LogP contribution in [0.15, 0.2) is 103 Å². The minimum Gasteiger partial charge on any atom is -0.309 e. The van der Waals surface area contributed by atoms with Crippen LogP contribution in [0.25, 0.3) is 32.3 Å². The smallest absolute Gasteiger partial charge is 0.0543 e. The summed E-state index contributed by atoms with van der Waals surface area (Å²) in [6, 6.07) is 40.8. The Hall–Kier alpha value is -5.60. The SMILES string of the molecule is CCc1cc(N(c2ccc(C(C)C)cc2)c2c(C)cc(C)cc2C)c2cc3c4c(cc(N(c5ccc(C(C)C)cc5)c5c(C)cc(C)cc5C)c5ccc1c2c54)CCC3(C)C. The molecule has 0 spiro atoms.